The van der Waals surface area contributed by atoms with Crippen molar-refractivity contribution in [1.29, 1.82) is 0 Å². The number of carbonyl (C=O) groups is 2. The highest BCUT2D eigenvalue weighted by Gasteiger charge is 2.27. The van der Waals surface area contributed by atoms with E-state index in [4.69, 9.17) is 9.47 Å². The third-order valence-electron chi connectivity index (χ3n) is 6.57. The number of carbonyl (C=O) groups excluding carboxylic acids is 2. The van der Waals surface area contributed by atoms with E-state index < -0.39 is 16.1 Å². The average Bonchev–Trinajstić information content (AvgIpc) is 2.88. The van der Waals surface area contributed by atoms with Crippen molar-refractivity contribution in [2.45, 2.75) is 65.6 Å². The summed E-state index contributed by atoms with van der Waals surface area (Å²) in [7, 11) is -3.61. The van der Waals surface area contributed by atoms with Crippen molar-refractivity contribution >= 4 is 27.5 Å². The minimum Gasteiger partial charge on any atom is -0.486 e. The number of sulfonamides is 1. The Morgan fingerprint density at radius 3 is 2.42 bits per heavy atom. The highest BCUT2D eigenvalue weighted by atomic mass is 32.2. The zero-order valence-electron chi connectivity index (χ0n) is 22.9. The van der Waals surface area contributed by atoms with Crippen LogP contribution in [0.5, 0.6) is 11.5 Å². The first-order valence-electron chi connectivity index (χ1n) is 13.0. The van der Waals surface area contributed by atoms with E-state index in [1.807, 2.05) is 45.0 Å². The van der Waals surface area contributed by atoms with Gasteiger partial charge in [0.05, 0.1) is 11.9 Å². The van der Waals surface area contributed by atoms with Crippen LogP contribution in [0.1, 0.15) is 51.2 Å². The molecule has 9 nitrogen and oxygen atoms in total. The van der Waals surface area contributed by atoms with Crippen LogP contribution >= 0.6 is 0 Å². The van der Waals surface area contributed by atoms with Crippen LogP contribution in [-0.2, 0) is 26.2 Å². The molecule has 3 rings (SSSR count). The molecule has 208 valence electrons. The highest BCUT2D eigenvalue weighted by Crippen LogP contribution is 2.34. The third-order valence-corrected chi connectivity index (χ3v) is 7.76. The number of ether oxygens (including phenoxy) is 2. The van der Waals surface area contributed by atoms with Gasteiger partial charge in [-0.15, -0.1) is 0 Å². The van der Waals surface area contributed by atoms with Gasteiger partial charge in [0.2, 0.25) is 21.8 Å². The summed E-state index contributed by atoms with van der Waals surface area (Å²) in [5.41, 5.74) is 2.44. The van der Waals surface area contributed by atoms with Crippen LogP contribution in [-0.4, -0.2) is 63.2 Å². The zero-order valence-corrected chi connectivity index (χ0v) is 23.7. The Kier molecular flexibility index (Phi) is 10.0. The lowest BCUT2D eigenvalue weighted by Gasteiger charge is -2.30. The molecule has 1 aliphatic rings. The van der Waals surface area contributed by atoms with Crippen molar-refractivity contribution in [3.63, 3.8) is 0 Å². The fraction of sp³-hybridized carbons (Fsp3) is 0.500. The summed E-state index contributed by atoms with van der Waals surface area (Å²) in [5, 5.41) is 2.96. The number of anilines is 1. The molecule has 0 unspecified atom stereocenters. The largest absolute Gasteiger partial charge is 0.486 e. The van der Waals surface area contributed by atoms with Gasteiger partial charge in [0.1, 0.15) is 19.3 Å². The van der Waals surface area contributed by atoms with Gasteiger partial charge < -0.3 is 19.7 Å². The van der Waals surface area contributed by atoms with Crippen LogP contribution in [0.15, 0.2) is 42.5 Å². The molecule has 0 bridgehead atoms. The summed E-state index contributed by atoms with van der Waals surface area (Å²) in [4.78, 5) is 27.9. The number of amides is 2. The van der Waals surface area contributed by atoms with Crippen LogP contribution in [0.3, 0.4) is 0 Å². The molecule has 10 heteroatoms. The van der Waals surface area contributed by atoms with Gasteiger partial charge in [-0.1, -0.05) is 36.8 Å². The Balaban J connectivity index is 1.74. The second kappa shape index (κ2) is 13.0. The lowest BCUT2D eigenvalue weighted by atomic mass is 10.1. The average molecular weight is 546 g/mol. The van der Waals surface area contributed by atoms with Crippen molar-refractivity contribution in [3.8, 4) is 11.5 Å². The molecular formula is C28H39N3O6S. The Bertz CT molecular complexity index is 1230. The summed E-state index contributed by atoms with van der Waals surface area (Å²) in [6.07, 6.45) is 2.29. The van der Waals surface area contributed by atoms with E-state index in [9.17, 15) is 18.0 Å². The van der Waals surface area contributed by atoms with Crippen molar-refractivity contribution in [1.82, 2.24) is 10.2 Å². The molecule has 0 saturated heterocycles. The van der Waals surface area contributed by atoms with Gasteiger partial charge in [0.15, 0.2) is 11.5 Å². The quantitative estimate of drug-likeness (QED) is 0.437. The second-order valence-corrected chi connectivity index (χ2v) is 11.7. The zero-order chi connectivity index (χ0) is 27.9. The fourth-order valence-corrected chi connectivity index (χ4v) is 5.20. The lowest BCUT2D eigenvalue weighted by Crippen LogP contribution is -2.49. The van der Waals surface area contributed by atoms with E-state index in [0.29, 0.717) is 30.4 Å². The van der Waals surface area contributed by atoms with Gasteiger partial charge in [-0.25, -0.2) is 8.42 Å². The van der Waals surface area contributed by atoms with Crippen molar-refractivity contribution in [2.24, 2.45) is 0 Å². The van der Waals surface area contributed by atoms with Gasteiger partial charge in [0, 0.05) is 31.6 Å². The van der Waals surface area contributed by atoms with E-state index in [0.717, 1.165) is 23.8 Å². The molecule has 0 fully saturated rings. The topological polar surface area (TPSA) is 105 Å². The lowest BCUT2D eigenvalue weighted by molar-refractivity contribution is -0.140. The van der Waals surface area contributed by atoms with Crippen LogP contribution in [0.4, 0.5) is 5.69 Å². The second-order valence-electron chi connectivity index (χ2n) is 9.77. The molecule has 0 aromatic heterocycles. The minimum atomic E-state index is -3.61. The predicted octanol–water partition coefficient (Wildman–Crippen LogP) is 3.64. The van der Waals surface area contributed by atoms with Gasteiger partial charge in [-0.2, -0.15) is 0 Å². The predicted molar refractivity (Wildman–Crippen MR) is 148 cm³/mol. The summed E-state index contributed by atoms with van der Waals surface area (Å²) in [5.74, 6) is 0.632. The van der Waals surface area contributed by atoms with E-state index in [2.05, 4.69) is 5.32 Å². The van der Waals surface area contributed by atoms with Crippen molar-refractivity contribution in [3.05, 3.63) is 53.6 Å². The maximum Gasteiger partial charge on any atom is 0.242 e. The van der Waals surface area contributed by atoms with E-state index in [1.165, 1.54) is 4.31 Å². The van der Waals surface area contributed by atoms with Crippen LogP contribution in [0.2, 0.25) is 0 Å². The van der Waals surface area contributed by atoms with Gasteiger partial charge >= 0.3 is 0 Å². The van der Waals surface area contributed by atoms with Crippen LogP contribution in [0, 0.1) is 6.92 Å². The van der Waals surface area contributed by atoms with E-state index in [-0.39, 0.29) is 43.8 Å². The van der Waals surface area contributed by atoms with Crippen LogP contribution in [0.25, 0.3) is 0 Å². The van der Waals surface area contributed by atoms with E-state index in [1.54, 1.807) is 30.0 Å². The first-order valence-corrected chi connectivity index (χ1v) is 14.9. The molecule has 38 heavy (non-hydrogen) atoms. The molecule has 0 spiro atoms. The van der Waals surface area contributed by atoms with Gasteiger partial charge in [0.25, 0.3) is 0 Å². The maximum atomic E-state index is 13.4. The molecule has 0 radical (unpaired) electrons. The molecular weight excluding hydrogens is 506 g/mol. The first-order chi connectivity index (χ1) is 18.0. The number of hydrogen-bond acceptors (Lipinski definition) is 6. The Labute approximate surface area is 226 Å². The Hall–Kier alpha value is -3.27. The number of nitrogens with zero attached hydrogens (tertiary/aromatic N) is 2. The normalized spacial score (nSPS) is 14.3. The SMILES string of the molecule is CC[C@@H](C)NC(=O)[C@H](C)N(Cc1cccc(C)c1)C(=O)CCCN(c1ccc2c(c1)OCCO2)S(C)(=O)=O. The molecule has 1 aliphatic heterocycles. The molecule has 2 aromatic carbocycles. The smallest absolute Gasteiger partial charge is 0.242 e. The molecule has 1 heterocycles. The summed E-state index contributed by atoms with van der Waals surface area (Å²) in [6.45, 7) is 8.84. The van der Waals surface area contributed by atoms with E-state index >= 15 is 0 Å². The summed E-state index contributed by atoms with van der Waals surface area (Å²) in [6, 6.07) is 12.1. The number of hydrogen-bond donors (Lipinski definition) is 1. The molecule has 0 saturated carbocycles. The molecule has 0 aliphatic carbocycles. The van der Waals surface area contributed by atoms with Gasteiger partial charge in [-0.05, 0) is 51.3 Å². The number of nitrogens with one attached hydrogen (secondary N) is 1. The standard InChI is InChI=1S/C28H39N3O6S/c1-6-21(3)29-28(33)22(4)30(19-23-10-7-9-20(2)17-23)27(32)11-8-14-31(38(5,34)35)24-12-13-25-26(18-24)37-16-15-36-25/h7,9-10,12-13,17-18,21-22H,6,8,11,14-16,19H2,1-5H3,(H,29,33)/t21-,22+/m1/s1. The summed E-state index contributed by atoms with van der Waals surface area (Å²) < 4.78 is 37.6. The molecule has 2 amide bonds. The number of aryl methyl sites for hydroxylation is 1. The highest BCUT2D eigenvalue weighted by molar-refractivity contribution is 7.92. The number of fused-ring (bicyclic) bond motifs is 1. The van der Waals surface area contributed by atoms with Crippen LogP contribution < -0.4 is 19.1 Å². The monoisotopic (exact) mass is 545 g/mol. The number of rotatable bonds is 12. The third kappa shape index (κ3) is 7.86. The molecule has 2 atom stereocenters. The Morgan fingerprint density at radius 2 is 1.76 bits per heavy atom. The fourth-order valence-electron chi connectivity index (χ4n) is 4.25. The van der Waals surface area contributed by atoms with Gasteiger partial charge in [-0.3, -0.25) is 13.9 Å². The summed E-state index contributed by atoms with van der Waals surface area (Å²) >= 11 is 0. The molecule has 1 N–H and O–H groups in total. The first kappa shape index (κ1) is 29.3. The van der Waals surface area contributed by atoms with Crippen molar-refractivity contribution < 1.29 is 27.5 Å². The Morgan fingerprint density at radius 1 is 1.05 bits per heavy atom. The number of benzene rings is 2. The molecule has 2 aromatic rings. The minimum absolute atomic E-state index is 0.00446. The maximum absolute atomic E-state index is 13.4. The van der Waals surface area contributed by atoms with Crippen molar-refractivity contribution in [2.75, 3.05) is 30.3 Å².